The second kappa shape index (κ2) is 5.73. The van der Waals surface area contributed by atoms with Crippen molar-refractivity contribution in [3.05, 3.63) is 0 Å². The van der Waals surface area contributed by atoms with E-state index in [4.69, 9.17) is 0 Å². The Morgan fingerprint density at radius 2 is 2.08 bits per heavy atom. The van der Waals surface area contributed by atoms with Crippen LogP contribution in [-0.4, -0.2) is 39.5 Å². The molecule has 13 heavy (non-hydrogen) atoms. The van der Waals surface area contributed by atoms with Crippen LogP contribution in [0.15, 0.2) is 0 Å². The van der Waals surface area contributed by atoms with E-state index in [9.17, 15) is 9.32 Å². The van der Waals surface area contributed by atoms with Crippen molar-refractivity contribution in [2.75, 3.05) is 18.6 Å². The Balaban J connectivity index is 3.49. The maximum absolute atomic E-state index is 10.7. The van der Waals surface area contributed by atoms with E-state index in [0.717, 1.165) is 18.7 Å². The largest absolute Gasteiger partial charge is 0.389 e. The lowest BCUT2D eigenvalue weighted by Gasteiger charge is -2.26. The summed E-state index contributed by atoms with van der Waals surface area (Å²) in [6.07, 6.45) is 2.60. The molecule has 0 saturated carbocycles. The second-order valence-corrected chi connectivity index (χ2v) is 5.51. The van der Waals surface area contributed by atoms with Crippen LogP contribution in [0.25, 0.3) is 0 Å². The molecule has 0 aliphatic rings. The molecule has 0 heterocycles. The fourth-order valence-electron chi connectivity index (χ4n) is 0.844. The van der Waals surface area contributed by atoms with Crippen LogP contribution in [0.5, 0.6) is 0 Å². The molecule has 0 aromatic carbocycles. The second-order valence-electron chi connectivity index (χ2n) is 3.96. The topological polar surface area (TPSA) is 49.3 Å². The van der Waals surface area contributed by atoms with Crippen molar-refractivity contribution >= 4 is 10.8 Å². The molecule has 2 unspecified atom stereocenters. The smallest absolute Gasteiger partial charge is 0.0741 e. The molecule has 0 fully saturated rings. The molecule has 2 atom stereocenters. The first-order valence-electron chi connectivity index (χ1n) is 4.60. The highest BCUT2D eigenvalue weighted by Gasteiger charge is 2.20. The summed E-state index contributed by atoms with van der Waals surface area (Å²) in [4.78, 5) is 0. The Hall–Kier alpha value is 0.0700. The van der Waals surface area contributed by atoms with Crippen molar-refractivity contribution in [3.8, 4) is 0 Å². The molecule has 0 aromatic rings. The summed E-state index contributed by atoms with van der Waals surface area (Å²) in [5.74, 6) is 0.728. The summed E-state index contributed by atoms with van der Waals surface area (Å²) < 4.78 is 10.7. The fourth-order valence-corrected chi connectivity index (χ4v) is 1.39. The Kier molecular flexibility index (Phi) is 5.76. The third-order valence-electron chi connectivity index (χ3n) is 2.12. The quantitative estimate of drug-likeness (QED) is 0.624. The average Bonchev–Trinajstić information content (AvgIpc) is 1.95. The molecular weight excluding hydrogens is 186 g/mol. The minimum absolute atomic E-state index is 0.0674. The number of nitrogens with one attached hydrogen (secondary N) is 1. The van der Waals surface area contributed by atoms with Crippen LogP contribution in [0.3, 0.4) is 0 Å². The third-order valence-corrected chi connectivity index (χ3v) is 2.98. The zero-order valence-electron chi connectivity index (χ0n) is 8.96. The summed E-state index contributed by atoms with van der Waals surface area (Å²) in [7, 11) is -0.704. The zero-order chi connectivity index (χ0) is 10.5. The lowest BCUT2D eigenvalue weighted by molar-refractivity contribution is 0.0445. The third kappa shape index (κ3) is 7.16. The van der Waals surface area contributed by atoms with Gasteiger partial charge < -0.3 is 10.4 Å². The molecule has 0 amide bonds. The number of rotatable bonds is 6. The first-order chi connectivity index (χ1) is 5.84. The van der Waals surface area contributed by atoms with Gasteiger partial charge in [0.25, 0.3) is 0 Å². The van der Waals surface area contributed by atoms with E-state index in [1.165, 1.54) is 0 Å². The van der Waals surface area contributed by atoms with Crippen LogP contribution in [0.2, 0.25) is 0 Å². The van der Waals surface area contributed by atoms with Gasteiger partial charge in [0.15, 0.2) is 0 Å². The highest BCUT2D eigenvalue weighted by Crippen LogP contribution is 2.06. The summed E-state index contributed by atoms with van der Waals surface area (Å²) in [6.45, 7) is 6.32. The molecule has 0 aliphatic heterocycles. The molecule has 0 bridgehead atoms. The molecule has 4 heteroatoms. The number of hydrogen-bond acceptors (Lipinski definition) is 3. The average molecular weight is 207 g/mol. The van der Waals surface area contributed by atoms with E-state index in [1.54, 1.807) is 20.1 Å². The van der Waals surface area contributed by atoms with Crippen LogP contribution >= 0.6 is 0 Å². The van der Waals surface area contributed by atoms with Crippen molar-refractivity contribution < 1.29 is 9.32 Å². The summed E-state index contributed by atoms with van der Waals surface area (Å²) in [5, 5.41) is 12.8. The van der Waals surface area contributed by atoms with Gasteiger partial charge in [-0.05, 0) is 33.7 Å². The molecule has 0 spiro atoms. The standard InChI is InChI=1S/C9H21NO2S/c1-8(9(2,3)11)10-6-5-7-13(4)12/h8,10-11H,5-7H2,1-4H3. The van der Waals surface area contributed by atoms with Gasteiger partial charge >= 0.3 is 0 Å². The van der Waals surface area contributed by atoms with Gasteiger partial charge in [-0.15, -0.1) is 0 Å². The maximum atomic E-state index is 10.7. The summed E-state index contributed by atoms with van der Waals surface area (Å²) in [5.41, 5.74) is -0.689. The molecular formula is C9H21NO2S. The van der Waals surface area contributed by atoms with E-state index < -0.39 is 16.4 Å². The predicted molar refractivity (Wildman–Crippen MR) is 57.3 cm³/mol. The van der Waals surface area contributed by atoms with Gasteiger partial charge in [-0.3, -0.25) is 4.21 Å². The van der Waals surface area contributed by atoms with Crippen LogP contribution in [0.4, 0.5) is 0 Å². The van der Waals surface area contributed by atoms with E-state index >= 15 is 0 Å². The Morgan fingerprint density at radius 1 is 1.54 bits per heavy atom. The van der Waals surface area contributed by atoms with Crippen molar-refractivity contribution in [2.45, 2.75) is 38.8 Å². The fraction of sp³-hybridized carbons (Fsp3) is 1.00. The first kappa shape index (κ1) is 13.1. The van der Waals surface area contributed by atoms with E-state index in [-0.39, 0.29) is 6.04 Å². The Bertz CT molecular complexity index is 165. The Morgan fingerprint density at radius 3 is 2.46 bits per heavy atom. The van der Waals surface area contributed by atoms with E-state index in [0.29, 0.717) is 0 Å². The predicted octanol–water partition coefficient (Wildman–Crippen LogP) is 0.504. The molecule has 0 saturated heterocycles. The molecule has 2 N–H and O–H groups in total. The van der Waals surface area contributed by atoms with Crippen molar-refractivity contribution in [1.82, 2.24) is 5.32 Å². The molecule has 3 nitrogen and oxygen atoms in total. The lowest BCUT2D eigenvalue weighted by Crippen LogP contribution is -2.44. The van der Waals surface area contributed by atoms with Crippen LogP contribution in [0, 0.1) is 0 Å². The monoisotopic (exact) mass is 207 g/mol. The highest BCUT2D eigenvalue weighted by molar-refractivity contribution is 7.84. The zero-order valence-corrected chi connectivity index (χ0v) is 9.78. The Labute approximate surface area is 83.4 Å². The van der Waals surface area contributed by atoms with Crippen LogP contribution in [0.1, 0.15) is 27.2 Å². The summed E-state index contributed by atoms with van der Waals surface area (Å²) in [6, 6.07) is 0.0674. The molecule has 0 rings (SSSR count). The van der Waals surface area contributed by atoms with Crippen molar-refractivity contribution in [3.63, 3.8) is 0 Å². The van der Waals surface area contributed by atoms with Gasteiger partial charge in [-0.1, -0.05) is 0 Å². The molecule has 0 aromatic heterocycles. The van der Waals surface area contributed by atoms with Gasteiger partial charge in [0.05, 0.1) is 5.60 Å². The van der Waals surface area contributed by atoms with E-state index in [1.807, 2.05) is 6.92 Å². The lowest BCUT2D eigenvalue weighted by atomic mass is 10.0. The SMILES string of the molecule is CC(NCCCS(C)=O)C(C)(C)O. The van der Waals surface area contributed by atoms with Gasteiger partial charge in [-0.25, -0.2) is 0 Å². The van der Waals surface area contributed by atoms with Gasteiger partial charge in [0.2, 0.25) is 0 Å². The summed E-state index contributed by atoms with van der Waals surface area (Å²) >= 11 is 0. The van der Waals surface area contributed by atoms with Gasteiger partial charge in [0.1, 0.15) is 0 Å². The normalized spacial score (nSPS) is 17.0. The first-order valence-corrected chi connectivity index (χ1v) is 6.32. The van der Waals surface area contributed by atoms with Crippen molar-refractivity contribution in [1.29, 1.82) is 0 Å². The van der Waals surface area contributed by atoms with Gasteiger partial charge in [-0.2, -0.15) is 0 Å². The number of hydrogen-bond donors (Lipinski definition) is 2. The number of aliphatic hydroxyl groups is 1. The molecule has 0 aliphatic carbocycles. The van der Waals surface area contributed by atoms with Crippen LogP contribution in [-0.2, 0) is 10.8 Å². The maximum Gasteiger partial charge on any atom is 0.0741 e. The van der Waals surface area contributed by atoms with Gasteiger partial charge in [0, 0.05) is 28.9 Å². The van der Waals surface area contributed by atoms with E-state index in [2.05, 4.69) is 5.32 Å². The molecule has 80 valence electrons. The minimum Gasteiger partial charge on any atom is -0.389 e. The highest BCUT2D eigenvalue weighted by atomic mass is 32.2. The minimum atomic E-state index is -0.704. The van der Waals surface area contributed by atoms with Crippen LogP contribution < -0.4 is 5.32 Å². The molecule has 0 radical (unpaired) electrons. The van der Waals surface area contributed by atoms with Crippen molar-refractivity contribution in [2.24, 2.45) is 0 Å².